The number of aromatic nitrogens is 1. The Balaban J connectivity index is 1.63. The van der Waals surface area contributed by atoms with Crippen molar-refractivity contribution in [3.63, 3.8) is 0 Å². The highest BCUT2D eigenvalue weighted by Crippen LogP contribution is 2.25. The second-order valence-corrected chi connectivity index (χ2v) is 6.66. The van der Waals surface area contributed by atoms with Crippen molar-refractivity contribution in [1.82, 2.24) is 4.57 Å². The molecule has 0 unspecified atom stereocenters. The Bertz CT molecular complexity index is 1040. The van der Waals surface area contributed by atoms with Gasteiger partial charge in [-0.15, -0.1) is 0 Å². The summed E-state index contributed by atoms with van der Waals surface area (Å²) >= 11 is 6.33. The Morgan fingerprint density at radius 1 is 0.846 bits per heavy atom. The van der Waals surface area contributed by atoms with Gasteiger partial charge in [-0.05, 0) is 47.5 Å². The molecular weight excluding hydrogens is 347 g/mol. The molecule has 0 amide bonds. The third kappa shape index (κ3) is 3.44. The predicted octanol–water partition coefficient (Wildman–Crippen LogP) is 6.09. The average molecular weight is 365 g/mol. The molecule has 0 bridgehead atoms. The topological polar surface area (TPSA) is 17.0 Å². The first-order valence-corrected chi connectivity index (χ1v) is 8.88. The molecule has 1 N–H and O–H groups in total. The lowest BCUT2D eigenvalue weighted by molar-refractivity contribution is 0.628. The van der Waals surface area contributed by atoms with Crippen molar-refractivity contribution in [1.29, 1.82) is 0 Å². The van der Waals surface area contributed by atoms with E-state index in [1.54, 1.807) is 12.1 Å². The van der Waals surface area contributed by atoms with Crippen LogP contribution in [0.1, 0.15) is 11.1 Å². The van der Waals surface area contributed by atoms with Crippen molar-refractivity contribution in [3.8, 4) is 0 Å². The van der Waals surface area contributed by atoms with Crippen LogP contribution in [0.4, 0.5) is 10.1 Å². The summed E-state index contributed by atoms with van der Waals surface area (Å²) in [5, 5.41) is 5.34. The smallest absolute Gasteiger partial charge is 0.123 e. The molecule has 0 saturated heterocycles. The third-order valence-electron chi connectivity index (χ3n) is 4.50. The van der Waals surface area contributed by atoms with Gasteiger partial charge in [-0.2, -0.15) is 0 Å². The lowest BCUT2D eigenvalue weighted by Crippen LogP contribution is -2.00. The van der Waals surface area contributed by atoms with Crippen LogP contribution in [0.25, 0.3) is 10.9 Å². The minimum atomic E-state index is -0.230. The first-order chi connectivity index (χ1) is 12.7. The van der Waals surface area contributed by atoms with Crippen molar-refractivity contribution in [2.24, 2.45) is 0 Å². The fourth-order valence-electron chi connectivity index (χ4n) is 3.17. The number of rotatable bonds is 5. The van der Waals surface area contributed by atoms with Crippen LogP contribution in [0.3, 0.4) is 0 Å². The standard InChI is InChI=1S/C22H18ClFN2/c23-21-7-3-1-5-16(21)14-26-15-17(20-6-2-4-8-22(20)26)13-25-19-11-9-18(24)10-12-19/h1-12,15,25H,13-14H2. The van der Waals surface area contributed by atoms with E-state index in [1.807, 2.05) is 36.4 Å². The number of anilines is 1. The number of nitrogens with one attached hydrogen (secondary N) is 1. The molecule has 4 aromatic rings. The highest BCUT2D eigenvalue weighted by atomic mass is 35.5. The maximum Gasteiger partial charge on any atom is 0.123 e. The third-order valence-corrected chi connectivity index (χ3v) is 4.87. The Morgan fingerprint density at radius 3 is 2.38 bits per heavy atom. The van der Waals surface area contributed by atoms with Gasteiger partial charge < -0.3 is 9.88 Å². The van der Waals surface area contributed by atoms with Gasteiger partial charge in [-0.25, -0.2) is 4.39 Å². The molecule has 0 fully saturated rings. The number of para-hydroxylation sites is 1. The van der Waals surface area contributed by atoms with E-state index in [0.29, 0.717) is 6.54 Å². The molecule has 0 atom stereocenters. The highest BCUT2D eigenvalue weighted by molar-refractivity contribution is 6.31. The van der Waals surface area contributed by atoms with Gasteiger partial charge in [0.25, 0.3) is 0 Å². The van der Waals surface area contributed by atoms with E-state index in [9.17, 15) is 4.39 Å². The fourth-order valence-corrected chi connectivity index (χ4v) is 3.37. The van der Waals surface area contributed by atoms with Crippen molar-refractivity contribution < 1.29 is 4.39 Å². The first kappa shape index (κ1) is 16.7. The number of halogens is 2. The van der Waals surface area contributed by atoms with Gasteiger partial charge in [0.15, 0.2) is 0 Å². The number of hydrogen-bond acceptors (Lipinski definition) is 1. The Kier molecular flexibility index (Phi) is 4.63. The van der Waals surface area contributed by atoms with Crippen LogP contribution in [0.2, 0.25) is 5.02 Å². The molecule has 1 heterocycles. The molecular formula is C22H18ClFN2. The van der Waals surface area contributed by atoms with E-state index in [2.05, 4.69) is 28.2 Å². The molecule has 0 aliphatic rings. The van der Waals surface area contributed by atoms with Crippen LogP contribution < -0.4 is 5.32 Å². The summed E-state index contributed by atoms with van der Waals surface area (Å²) in [5.41, 5.74) is 4.35. The van der Waals surface area contributed by atoms with Crippen LogP contribution in [-0.2, 0) is 13.1 Å². The van der Waals surface area contributed by atoms with E-state index < -0.39 is 0 Å². The Labute approximate surface area is 156 Å². The number of nitrogens with zero attached hydrogens (tertiary/aromatic N) is 1. The van der Waals surface area contributed by atoms with E-state index in [0.717, 1.165) is 22.8 Å². The van der Waals surface area contributed by atoms with Crippen LogP contribution in [-0.4, -0.2) is 4.57 Å². The minimum absolute atomic E-state index is 0.230. The van der Waals surface area contributed by atoms with Gasteiger partial charge in [0, 0.05) is 40.9 Å². The summed E-state index contributed by atoms with van der Waals surface area (Å²) in [7, 11) is 0. The lowest BCUT2D eigenvalue weighted by atomic mass is 10.1. The zero-order valence-electron chi connectivity index (χ0n) is 14.1. The highest BCUT2D eigenvalue weighted by Gasteiger charge is 2.09. The molecule has 4 rings (SSSR count). The SMILES string of the molecule is Fc1ccc(NCc2cn(Cc3ccccc3Cl)c3ccccc23)cc1. The van der Waals surface area contributed by atoms with Gasteiger partial charge in [-0.3, -0.25) is 0 Å². The van der Waals surface area contributed by atoms with Gasteiger partial charge >= 0.3 is 0 Å². The summed E-state index contributed by atoms with van der Waals surface area (Å²) in [6, 6.07) is 22.7. The first-order valence-electron chi connectivity index (χ1n) is 8.50. The molecule has 26 heavy (non-hydrogen) atoms. The van der Waals surface area contributed by atoms with Gasteiger partial charge in [0.2, 0.25) is 0 Å². The summed E-state index contributed by atoms with van der Waals surface area (Å²) in [5.74, 6) is -0.230. The molecule has 1 aromatic heterocycles. The maximum atomic E-state index is 13.1. The zero-order chi connectivity index (χ0) is 17.9. The maximum absolute atomic E-state index is 13.1. The number of hydrogen-bond donors (Lipinski definition) is 1. The van der Waals surface area contributed by atoms with E-state index >= 15 is 0 Å². The van der Waals surface area contributed by atoms with Crippen LogP contribution in [0.15, 0.2) is 79.0 Å². The normalized spacial score (nSPS) is 11.0. The minimum Gasteiger partial charge on any atom is -0.381 e. The van der Waals surface area contributed by atoms with Gasteiger partial charge in [-0.1, -0.05) is 48.0 Å². The molecule has 0 saturated carbocycles. The van der Waals surface area contributed by atoms with Gasteiger partial charge in [0.1, 0.15) is 5.82 Å². The molecule has 4 heteroatoms. The summed E-state index contributed by atoms with van der Waals surface area (Å²) in [6.45, 7) is 1.39. The summed E-state index contributed by atoms with van der Waals surface area (Å²) < 4.78 is 15.3. The quantitative estimate of drug-likeness (QED) is 0.453. The lowest BCUT2D eigenvalue weighted by Gasteiger charge is -2.07. The molecule has 0 radical (unpaired) electrons. The second kappa shape index (κ2) is 7.22. The number of benzene rings is 3. The summed E-state index contributed by atoms with van der Waals surface area (Å²) in [6.07, 6.45) is 2.16. The average Bonchev–Trinajstić information content (AvgIpc) is 3.01. The monoisotopic (exact) mass is 364 g/mol. The molecule has 0 spiro atoms. The molecule has 3 aromatic carbocycles. The Morgan fingerprint density at radius 2 is 1.58 bits per heavy atom. The van der Waals surface area contributed by atoms with Crippen molar-refractivity contribution >= 4 is 28.2 Å². The predicted molar refractivity (Wildman–Crippen MR) is 106 cm³/mol. The molecule has 0 aliphatic heterocycles. The fraction of sp³-hybridized carbons (Fsp3) is 0.0909. The molecule has 130 valence electrons. The molecule has 2 nitrogen and oxygen atoms in total. The van der Waals surface area contributed by atoms with Crippen LogP contribution in [0.5, 0.6) is 0 Å². The van der Waals surface area contributed by atoms with E-state index in [4.69, 9.17) is 11.6 Å². The Hall–Kier alpha value is -2.78. The van der Waals surface area contributed by atoms with Crippen molar-refractivity contribution in [2.45, 2.75) is 13.1 Å². The summed E-state index contributed by atoms with van der Waals surface area (Å²) in [4.78, 5) is 0. The largest absolute Gasteiger partial charge is 0.381 e. The van der Waals surface area contributed by atoms with E-state index in [-0.39, 0.29) is 5.82 Å². The number of fused-ring (bicyclic) bond motifs is 1. The van der Waals surface area contributed by atoms with Crippen molar-refractivity contribution in [3.05, 3.63) is 101 Å². The van der Waals surface area contributed by atoms with Crippen LogP contribution >= 0.6 is 11.6 Å². The van der Waals surface area contributed by atoms with Crippen molar-refractivity contribution in [2.75, 3.05) is 5.32 Å². The zero-order valence-corrected chi connectivity index (χ0v) is 14.9. The second-order valence-electron chi connectivity index (χ2n) is 6.25. The van der Waals surface area contributed by atoms with Crippen LogP contribution in [0, 0.1) is 5.82 Å². The van der Waals surface area contributed by atoms with Gasteiger partial charge in [0.05, 0.1) is 0 Å². The van der Waals surface area contributed by atoms with E-state index in [1.165, 1.54) is 28.6 Å². The molecule has 0 aliphatic carbocycles.